The van der Waals surface area contributed by atoms with Crippen molar-refractivity contribution >= 4 is 11.6 Å². The van der Waals surface area contributed by atoms with E-state index in [1.165, 1.54) is 12.1 Å². The van der Waals surface area contributed by atoms with Crippen LogP contribution in [0.5, 0.6) is 5.88 Å². The van der Waals surface area contributed by atoms with Crippen molar-refractivity contribution in [2.24, 2.45) is 0 Å². The Labute approximate surface area is 144 Å². The van der Waals surface area contributed by atoms with Crippen LogP contribution in [-0.4, -0.2) is 22.5 Å². The van der Waals surface area contributed by atoms with E-state index in [9.17, 15) is 9.18 Å². The van der Waals surface area contributed by atoms with Crippen LogP contribution in [0.4, 0.5) is 10.1 Å². The topological polar surface area (TPSA) is 64.1 Å². The Hall–Kier alpha value is -3.28. The molecular weight excluding hydrogens is 321 g/mol. The number of aromatic nitrogens is 2. The largest absolute Gasteiger partial charge is 0.467 e. The van der Waals surface area contributed by atoms with E-state index in [0.717, 1.165) is 0 Å². The van der Waals surface area contributed by atoms with Gasteiger partial charge < -0.3 is 10.1 Å². The van der Waals surface area contributed by atoms with E-state index >= 15 is 0 Å². The first-order chi connectivity index (χ1) is 12.1. The average Bonchev–Trinajstić information content (AvgIpc) is 2.61. The minimum Gasteiger partial charge on any atom is -0.467 e. The summed E-state index contributed by atoms with van der Waals surface area (Å²) in [7, 11) is 0. The summed E-state index contributed by atoms with van der Waals surface area (Å²) in [5.74, 6) is 0.0877. The minimum absolute atomic E-state index is 0.172. The number of ether oxygens (including phenoxy) is 1. The van der Waals surface area contributed by atoms with Crippen molar-refractivity contribution in [1.82, 2.24) is 9.97 Å². The average molecular weight is 337 g/mol. The first-order valence-electron chi connectivity index (χ1n) is 7.69. The van der Waals surface area contributed by atoms with Gasteiger partial charge in [0.05, 0.1) is 0 Å². The van der Waals surface area contributed by atoms with Gasteiger partial charge in [0.2, 0.25) is 5.88 Å². The van der Waals surface area contributed by atoms with Gasteiger partial charge in [-0.05, 0) is 43.3 Å². The quantitative estimate of drug-likeness (QED) is 0.772. The zero-order valence-electron chi connectivity index (χ0n) is 13.6. The van der Waals surface area contributed by atoms with E-state index in [-0.39, 0.29) is 24.2 Å². The maximum absolute atomic E-state index is 13.0. The van der Waals surface area contributed by atoms with Gasteiger partial charge in [-0.3, -0.25) is 4.79 Å². The van der Waals surface area contributed by atoms with Gasteiger partial charge in [-0.15, -0.1) is 0 Å². The molecule has 0 radical (unpaired) electrons. The van der Waals surface area contributed by atoms with Gasteiger partial charge in [-0.1, -0.05) is 18.2 Å². The predicted molar refractivity (Wildman–Crippen MR) is 92.7 cm³/mol. The maximum Gasteiger partial charge on any atom is 0.262 e. The Kier molecular flexibility index (Phi) is 4.99. The fourth-order valence-corrected chi connectivity index (χ4v) is 2.20. The maximum atomic E-state index is 13.0. The van der Waals surface area contributed by atoms with Crippen LogP contribution in [-0.2, 0) is 4.79 Å². The molecule has 0 aliphatic carbocycles. The second kappa shape index (κ2) is 7.53. The molecule has 126 valence electrons. The molecule has 3 aromatic rings. The van der Waals surface area contributed by atoms with E-state index < -0.39 is 0 Å². The number of para-hydroxylation sites is 1. The fourth-order valence-electron chi connectivity index (χ4n) is 2.20. The molecule has 25 heavy (non-hydrogen) atoms. The number of hydrogen-bond donors (Lipinski definition) is 1. The van der Waals surface area contributed by atoms with Crippen LogP contribution in [0.2, 0.25) is 0 Å². The number of nitrogens with zero attached hydrogens (tertiary/aromatic N) is 2. The fraction of sp³-hybridized carbons (Fsp3) is 0.105. The number of carbonyl (C=O) groups excluding carboxylic acids is 1. The molecule has 1 aromatic heterocycles. The van der Waals surface area contributed by atoms with E-state index in [4.69, 9.17) is 4.74 Å². The molecule has 6 heteroatoms. The first kappa shape index (κ1) is 16.6. The normalized spacial score (nSPS) is 10.3. The lowest BCUT2D eigenvalue weighted by Gasteiger charge is -2.09. The summed E-state index contributed by atoms with van der Waals surface area (Å²) >= 11 is 0. The Morgan fingerprint density at radius 1 is 1.08 bits per heavy atom. The number of hydrogen-bond acceptors (Lipinski definition) is 4. The van der Waals surface area contributed by atoms with Crippen LogP contribution in [0.15, 0.2) is 60.7 Å². The Balaban J connectivity index is 1.68. The molecule has 1 amide bonds. The Morgan fingerprint density at radius 3 is 2.52 bits per heavy atom. The summed E-state index contributed by atoms with van der Waals surface area (Å²) < 4.78 is 18.5. The second-order valence-corrected chi connectivity index (χ2v) is 5.38. The van der Waals surface area contributed by atoms with Gasteiger partial charge in [-0.25, -0.2) is 9.37 Å². The lowest BCUT2D eigenvalue weighted by atomic mass is 10.2. The number of amides is 1. The van der Waals surface area contributed by atoms with Gasteiger partial charge in [-0.2, -0.15) is 4.98 Å². The second-order valence-electron chi connectivity index (χ2n) is 5.38. The number of carbonyl (C=O) groups is 1. The third-order valence-corrected chi connectivity index (χ3v) is 3.34. The minimum atomic E-state index is -0.328. The number of benzene rings is 2. The lowest BCUT2D eigenvalue weighted by molar-refractivity contribution is -0.118. The molecule has 5 nitrogen and oxygen atoms in total. The van der Waals surface area contributed by atoms with Crippen LogP contribution in [0.25, 0.3) is 11.4 Å². The summed E-state index contributed by atoms with van der Waals surface area (Å²) in [4.78, 5) is 20.5. The third-order valence-electron chi connectivity index (χ3n) is 3.34. The summed E-state index contributed by atoms with van der Waals surface area (Å²) in [5.41, 5.74) is 2.05. The summed E-state index contributed by atoms with van der Waals surface area (Å²) in [6.07, 6.45) is 0. The Morgan fingerprint density at radius 2 is 1.80 bits per heavy atom. The van der Waals surface area contributed by atoms with Crippen molar-refractivity contribution in [2.75, 3.05) is 11.9 Å². The predicted octanol–water partition coefficient (Wildman–Crippen LogP) is 3.61. The molecule has 0 spiro atoms. The van der Waals surface area contributed by atoms with Crippen LogP contribution < -0.4 is 10.1 Å². The van der Waals surface area contributed by atoms with Crippen molar-refractivity contribution in [1.29, 1.82) is 0 Å². The molecule has 0 saturated carbocycles. The summed E-state index contributed by atoms with van der Waals surface area (Å²) in [6.45, 7) is 1.62. The standard InChI is InChI=1S/C19H16FN3O2/c1-13-11-18(23-19(21-13)14-7-9-15(20)10-8-14)25-12-17(24)22-16-5-3-2-4-6-16/h2-11H,12H2,1H3,(H,22,24). The molecule has 0 fully saturated rings. The van der Waals surface area contributed by atoms with Crippen molar-refractivity contribution in [3.8, 4) is 17.3 Å². The van der Waals surface area contributed by atoms with Gasteiger partial charge in [0.15, 0.2) is 12.4 Å². The van der Waals surface area contributed by atoms with Gasteiger partial charge >= 0.3 is 0 Å². The molecule has 3 rings (SSSR count). The smallest absolute Gasteiger partial charge is 0.262 e. The van der Waals surface area contributed by atoms with Gasteiger partial charge in [0.25, 0.3) is 5.91 Å². The molecule has 0 unspecified atom stereocenters. The highest BCUT2D eigenvalue weighted by atomic mass is 19.1. The molecule has 2 aromatic carbocycles. The van der Waals surface area contributed by atoms with E-state index in [1.807, 2.05) is 18.2 Å². The number of aryl methyl sites for hydroxylation is 1. The summed E-state index contributed by atoms with van der Waals surface area (Å²) in [6, 6.07) is 16.6. The highest BCUT2D eigenvalue weighted by molar-refractivity contribution is 5.91. The van der Waals surface area contributed by atoms with Crippen molar-refractivity contribution < 1.29 is 13.9 Å². The van der Waals surface area contributed by atoms with Gasteiger partial charge in [0.1, 0.15) is 5.82 Å². The molecule has 0 aliphatic heterocycles. The summed E-state index contributed by atoms with van der Waals surface area (Å²) in [5, 5.41) is 2.73. The van der Waals surface area contributed by atoms with Crippen molar-refractivity contribution in [2.45, 2.75) is 6.92 Å². The molecule has 0 saturated heterocycles. The monoisotopic (exact) mass is 337 g/mol. The lowest BCUT2D eigenvalue weighted by Crippen LogP contribution is -2.20. The Bertz CT molecular complexity index is 868. The van der Waals surface area contributed by atoms with E-state index in [1.54, 1.807) is 37.3 Å². The van der Waals surface area contributed by atoms with E-state index in [0.29, 0.717) is 22.8 Å². The zero-order valence-corrected chi connectivity index (χ0v) is 13.6. The molecular formula is C19H16FN3O2. The number of nitrogens with one attached hydrogen (secondary N) is 1. The van der Waals surface area contributed by atoms with Crippen LogP contribution in [0.1, 0.15) is 5.69 Å². The van der Waals surface area contributed by atoms with Crippen LogP contribution in [0.3, 0.4) is 0 Å². The van der Waals surface area contributed by atoms with Crippen molar-refractivity contribution in [3.05, 3.63) is 72.2 Å². The third kappa shape index (κ3) is 4.60. The highest BCUT2D eigenvalue weighted by Crippen LogP contribution is 2.19. The number of rotatable bonds is 5. The molecule has 0 aliphatic rings. The van der Waals surface area contributed by atoms with Crippen molar-refractivity contribution in [3.63, 3.8) is 0 Å². The number of halogens is 1. The van der Waals surface area contributed by atoms with Crippen LogP contribution in [0, 0.1) is 12.7 Å². The molecule has 0 bridgehead atoms. The molecule has 0 atom stereocenters. The van der Waals surface area contributed by atoms with Gasteiger partial charge in [0, 0.05) is 23.0 Å². The van der Waals surface area contributed by atoms with E-state index in [2.05, 4.69) is 15.3 Å². The number of anilines is 1. The SMILES string of the molecule is Cc1cc(OCC(=O)Nc2ccccc2)nc(-c2ccc(F)cc2)n1. The zero-order chi connectivity index (χ0) is 17.6. The van der Waals surface area contributed by atoms with Crippen LogP contribution >= 0.6 is 0 Å². The molecule has 1 N–H and O–H groups in total. The highest BCUT2D eigenvalue weighted by Gasteiger charge is 2.09. The first-order valence-corrected chi connectivity index (χ1v) is 7.69. The molecule has 1 heterocycles.